The summed E-state index contributed by atoms with van der Waals surface area (Å²) in [4.78, 5) is 25.4. The summed E-state index contributed by atoms with van der Waals surface area (Å²) < 4.78 is 11.4. The Hall–Kier alpha value is -3.44. The number of benzene rings is 1. The first-order valence-corrected chi connectivity index (χ1v) is 13.4. The highest BCUT2D eigenvalue weighted by Gasteiger charge is 2.37. The molecule has 1 aliphatic carbocycles. The molecule has 1 aromatic carbocycles. The Morgan fingerprint density at radius 2 is 2.03 bits per heavy atom. The van der Waals surface area contributed by atoms with Gasteiger partial charge in [0.15, 0.2) is 5.82 Å². The fraction of sp³-hybridized carbons (Fsp3) is 0.556. The van der Waals surface area contributed by atoms with Crippen LogP contribution in [0.2, 0.25) is 0 Å². The van der Waals surface area contributed by atoms with Crippen molar-refractivity contribution in [3.05, 3.63) is 35.0 Å². The quantitative estimate of drug-likeness (QED) is 0.322. The maximum Gasteiger partial charge on any atom is 0.319 e. The molecule has 38 heavy (non-hydrogen) atoms. The fourth-order valence-corrected chi connectivity index (χ4v) is 4.85. The van der Waals surface area contributed by atoms with Crippen LogP contribution in [0, 0.1) is 5.92 Å². The van der Waals surface area contributed by atoms with Crippen LogP contribution in [0.5, 0.6) is 11.8 Å². The van der Waals surface area contributed by atoms with Crippen LogP contribution >= 0.6 is 0 Å². The number of unbranched alkanes of at least 4 members (excludes halogenated alkanes) is 1. The Labute approximate surface area is 222 Å². The minimum absolute atomic E-state index is 0.115. The number of fused-ring (bicyclic) bond motifs is 1. The van der Waals surface area contributed by atoms with E-state index in [1.807, 2.05) is 0 Å². The lowest BCUT2D eigenvalue weighted by Gasteiger charge is -2.35. The molecule has 1 aliphatic heterocycles. The number of H-pyrrole nitrogens is 1. The van der Waals surface area contributed by atoms with Crippen molar-refractivity contribution in [2.24, 2.45) is 5.92 Å². The predicted octanol–water partition coefficient (Wildman–Crippen LogP) is 2.13. The molecule has 5 rings (SSSR count). The first-order valence-electron chi connectivity index (χ1n) is 13.4. The van der Waals surface area contributed by atoms with E-state index in [4.69, 9.17) is 15.2 Å². The Bertz CT molecular complexity index is 1270. The third-order valence-electron chi connectivity index (χ3n) is 7.34. The van der Waals surface area contributed by atoms with Crippen LogP contribution in [0.3, 0.4) is 0 Å². The monoisotopic (exact) mass is 523 g/mol. The molecule has 1 saturated carbocycles. The summed E-state index contributed by atoms with van der Waals surface area (Å²) in [5, 5.41) is 17.6. The van der Waals surface area contributed by atoms with Gasteiger partial charge in [-0.15, -0.1) is 0 Å². The number of amides is 1. The summed E-state index contributed by atoms with van der Waals surface area (Å²) in [6.45, 7) is 6.22. The van der Waals surface area contributed by atoms with Gasteiger partial charge in [0.2, 0.25) is 0 Å². The molecule has 0 radical (unpaired) electrons. The predicted molar refractivity (Wildman–Crippen MR) is 143 cm³/mol. The Balaban J connectivity index is 1.23. The van der Waals surface area contributed by atoms with Gasteiger partial charge in [0.25, 0.3) is 5.91 Å². The molecule has 11 nitrogen and oxygen atoms in total. The Kier molecular flexibility index (Phi) is 7.94. The van der Waals surface area contributed by atoms with Crippen molar-refractivity contribution in [2.75, 3.05) is 45.6 Å². The van der Waals surface area contributed by atoms with E-state index in [9.17, 15) is 9.90 Å². The van der Waals surface area contributed by atoms with Crippen molar-refractivity contribution in [1.29, 1.82) is 0 Å². The average Bonchev–Trinajstić information content (AvgIpc) is 3.70. The molecule has 1 amide bonds. The van der Waals surface area contributed by atoms with Crippen LogP contribution < -0.4 is 15.2 Å². The molecule has 0 unspecified atom stereocenters. The summed E-state index contributed by atoms with van der Waals surface area (Å²) in [6.07, 6.45) is 3.53. The molecule has 1 saturated heterocycles. The number of nitrogens with one attached hydrogen (secondary N) is 1. The lowest BCUT2D eigenvalue weighted by atomic mass is 10.0. The summed E-state index contributed by atoms with van der Waals surface area (Å²) in [5.74, 6) is 1.14. The molecule has 2 aromatic heterocycles. The van der Waals surface area contributed by atoms with Gasteiger partial charge in [-0.1, -0.05) is 25.5 Å². The average molecular weight is 524 g/mol. The molecule has 0 bridgehead atoms. The van der Waals surface area contributed by atoms with Gasteiger partial charge in [-0.3, -0.25) is 14.8 Å². The topological polar surface area (TPSA) is 143 Å². The van der Waals surface area contributed by atoms with E-state index in [0.717, 1.165) is 67.9 Å². The summed E-state index contributed by atoms with van der Waals surface area (Å²) in [6, 6.07) is 6.48. The van der Waals surface area contributed by atoms with Crippen LogP contribution in [-0.4, -0.2) is 87.0 Å². The van der Waals surface area contributed by atoms with Crippen molar-refractivity contribution >= 4 is 22.8 Å². The van der Waals surface area contributed by atoms with E-state index in [-0.39, 0.29) is 17.8 Å². The number of nitrogens with zero attached hydrogens (tertiary/aromatic N) is 5. The number of hydrogen-bond acceptors (Lipinski definition) is 9. The highest BCUT2D eigenvalue weighted by molar-refractivity contribution is 5.86. The number of piperazine rings is 1. The number of carbonyl (C=O) groups is 1. The van der Waals surface area contributed by atoms with E-state index in [1.54, 1.807) is 12.0 Å². The zero-order valence-corrected chi connectivity index (χ0v) is 22.2. The van der Waals surface area contributed by atoms with Gasteiger partial charge < -0.3 is 25.2 Å². The number of aromatic amines is 1. The molecule has 3 aromatic rings. The zero-order valence-electron chi connectivity index (χ0n) is 22.2. The van der Waals surface area contributed by atoms with Gasteiger partial charge in [0.05, 0.1) is 19.4 Å². The molecule has 4 N–H and O–H groups in total. The van der Waals surface area contributed by atoms with Gasteiger partial charge in [-0.2, -0.15) is 15.1 Å². The smallest absolute Gasteiger partial charge is 0.319 e. The number of ether oxygens (including phenoxy) is 2. The van der Waals surface area contributed by atoms with Crippen molar-refractivity contribution < 1.29 is 19.4 Å². The van der Waals surface area contributed by atoms with E-state index in [1.165, 1.54) is 0 Å². The van der Waals surface area contributed by atoms with E-state index < -0.39 is 6.10 Å². The normalized spacial score (nSPS) is 17.1. The molecular formula is C27H37N7O4. The van der Waals surface area contributed by atoms with Crippen molar-refractivity contribution in [1.82, 2.24) is 30.0 Å². The summed E-state index contributed by atoms with van der Waals surface area (Å²) >= 11 is 0. The minimum Gasteiger partial charge on any atom is -0.496 e. The molecule has 1 atom stereocenters. The number of nitrogens with two attached hydrogens (primary N) is 1. The molecule has 11 heteroatoms. The van der Waals surface area contributed by atoms with E-state index in [0.29, 0.717) is 43.0 Å². The van der Waals surface area contributed by atoms with Crippen LogP contribution in [0.15, 0.2) is 18.2 Å². The standard InChI is InChI=1S/C27H37N7O4/c1-3-4-13-38-27-29-22-20(31-32-23(22)25(28)30-27)15-19-6-5-17(14-21(19)37-2)16-33-9-11-34(12-10-33)26(36)24(35)18-7-8-18/h5-6,14,18,24,35H,3-4,7-13,15-16H2,1-2H3,(H,31,32)(H2,28,29,30)/t24-/m1/s1. The second-order valence-electron chi connectivity index (χ2n) is 10.2. The van der Waals surface area contributed by atoms with Gasteiger partial charge in [0.1, 0.15) is 22.9 Å². The maximum atomic E-state index is 12.5. The molecule has 2 aliphatic rings. The first-order chi connectivity index (χ1) is 18.5. The molecule has 2 fully saturated rings. The molecule has 204 valence electrons. The van der Waals surface area contributed by atoms with Crippen LogP contribution in [0.4, 0.5) is 5.82 Å². The van der Waals surface area contributed by atoms with Gasteiger partial charge in [0, 0.05) is 44.7 Å². The fourth-order valence-electron chi connectivity index (χ4n) is 4.85. The number of rotatable bonds is 11. The first kappa shape index (κ1) is 26.2. The summed E-state index contributed by atoms with van der Waals surface area (Å²) in [5.41, 5.74) is 10.2. The van der Waals surface area contributed by atoms with Gasteiger partial charge in [-0.05, 0) is 36.8 Å². The Morgan fingerprint density at radius 3 is 2.74 bits per heavy atom. The largest absolute Gasteiger partial charge is 0.496 e. The number of aliphatic hydroxyl groups excluding tert-OH is 1. The SMILES string of the molecule is CCCCOc1nc(N)c2[nH]nc(Cc3ccc(CN4CCN(C(=O)[C@H](O)C5CC5)CC4)cc3OC)c2n1. The highest BCUT2D eigenvalue weighted by Crippen LogP contribution is 2.33. The second-order valence-corrected chi connectivity index (χ2v) is 10.2. The third-order valence-corrected chi connectivity index (χ3v) is 7.34. The summed E-state index contributed by atoms with van der Waals surface area (Å²) in [7, 11) is 1.67. The lowest BCUT2D eigenvalue weighted by Crippen LogP contribution is -2.51. The van der Waals surface area contributed by atoms with E-state index in [2.05, 4.69) is 50.2 Å². The van der Waals surface area contributed by atoms with Crippen LogP contribution in [-0.2, 0) is 17.8 Å². The van der Waals surface area contributed by atoms with Crippen LogP contribution in [0.1, 0.15) is 49.4 Å². The minimum atomic E-state index is -0.826. The number of hydrogen-bond donors (Lipinski definition) is 3. The lowest BCUT2D eigenvalue weighted by molar-refractivity contribution is -0.143. The van der Waals surface area contributed by atoms with Gasteiger partial charge >= 0.3 is 6.01 Å². The highest BCUT2D eigenvalue weighted by atomic mass is 16.5. The van der Waals surface area contributed by atoms with Crippen molar-refractivity contribution in [3.8, 4) is 11.8 Å². The van der Waals surface area contributed by atoms with Crippen LogP contribution in [0.25, 0.3) is 11.0 Å². The van der Waals surface area contributed by atoms with Crippen molar-refractivity contribution in [3.63, 3.8) is 0 Å². The number of carbonyl (C=O) groups excluding carboxylic acids is 1. The number of aromatic nitrogens is 4. The Morgan fingerprint density at radius 1 is 1.24 bits per heavy atom. The zero-order chi connectivity index (χ0) is 26.6. The number of nitrogen functional groups attached to an aromatic ring is 1. The van der Waals surface area contributed by atoms with E-state index >= 15 is 0 Å². The number of methoxy groups -OCH3 is 1. The second kappa shape index (κ2) is 11.5. The number of anilines is 1. The van der Waals surface area contributed by atoms with Crippen molar-refractivity contribution in [2.45, 2.75) is 51.7 Å². The third kappa shape index (κ3) is 5.83. The van der Waals surface area contributed by atoms with Gasteiger partial charge in [-0.25, -0.2) is 0 Å². The molecular weight excluding hydrogens is 486 g/mol. The number of aliphatic hydroxyl groups is 1. The molecule has 3 heterocycles. The molecule has 0 spiro atoms. The maximum absolute atomic E-state index is 12.5.